The molecule has 0 N–H and O–H groups in total. The van der Waals surface area contributed by atoms with Crippen LogP contribution in [0.2, 0.25) is 10.0 Å². The van der Waals surface area contributed by atoms with Crippen LogP contribution in [0.4, 0.5) is 0 Å². The molecular formula is C12H12Cl2. The Morgan fingerprint density at radius 3 is 2.71 bits per heavy atom. The highest BCUT2D eigenvalue weighted by Crippen LogP contribution is 2.26. The largest absolute Gasteiger partial charge is 0.104 e. The summed E-state index contributed by atoms with van der Waals surface area (Å²) in [5.74, 6) is 6.11. The summed E-state index contributed by atoms with van der Waals surface area (Å²) < 4.78 is 0. The first-order valence-electron chi connectivity index (χ1n) is 4.64. The first-order chi connectivity index (χ1) is 6.75. The number of halogens is 2. The van der Waals surface area contributed by atoms with Crippen LogP contribution in [-0.2, 0) is 6.42 Å². The van der Waals surface area contributed by atoms with Crippen molar-refractivity contribution in [2.45, 2.75) is 26.2 Å². The number of aryl methyl sites for hydroxylation is 1. The lowest BCUT2D eigenvalue weighted by Crippen LogP contribution is -1.85. The van der Waals surface area contributed by atoms with E-state index in [-0.39, 0.29) is 0 Å². The SMILES string of the molecule is CCC#CCCc1cccc(Cl)c1Cl. The van der Waals surface area contributed by atoms with E-state index in [0.29, 0.717) is 10.0 Å². The predicted molar refractivity (Wildman–Crippen MR) is 62.9 cm³/mol. The lowest BCUT2D eigenvalue weighted by atomic mass is 10.1. The van der Waals surface area contributed by atoms with E-state index in [1.807, 2.05) is 19.1 Å². The Labute approximate surface area is 95.2 Å². The van der Waals surface area contributed by atoms with Gasteiger partial charge in [-0.3, -0.25) is 0 Å². The molecule has 0 aromatic heterocycles. The molecule has 0 spiro atoms. The molecule has 14 heavy (non-hydrogen) atoms. The Morgan fingerprint density at radius 2 is 2.00 bits per heavy atom. The van der Waals surface area contributed by atoms with Gasteiger partial charge >= 0.3 is 0 Å². The molecule has 74 valence electrons. The van der Waals surface area contributed by atoms with E-state index in [4.69, 9.17) is 23.2 Å². The summed E-state index contributed by atoms with van der Waals surface area (Å²) in [6, 6.07) is 5.70. The van der Waals surface area contributed by atoms with Crippen LogP contribution in [0, 0.1) is 11.8 Å². The summed E-state index contributed by atoms with van der Waals surface area (Å²) in [6.45, 7) is 2.04. The molecule has 0 aliphatic rings. The van der Waals surface area contributed by atoms with Crippen molar-refractivity contribution in [2.75, 3.05) is 0 Å². The van der Waals surface area contributed by atoms with E-state index in [1.165, 1.54) is 0 Å². The van der Waals surface area contributed by atoms with Crippen molar-refractivity contribution in [3.63, 3.8) is 0 Å². The Hall–Kier alpha value is -0.640. The minimum absolute atomic E-state index is 0.618. The molecule has 0 atom stereocenters. The second-order valence-electron chi connectivity index (χ2n) is 2.92. The fourth-order valence-electron chi connectivity index (χ4n) is 1.15. The molecule has 1 aromatic carbocycles. The minimum Gasteiger partial charge on any atom is -0.104 e. The quantitative estimate of drug-likeness (QED) is 0.659. The van der Waals surface area contributed by atoms with Crippen LogP contribution in [0.1, 0.15) is 25.3 Å². The van der Waals surface area contributed by atoms with E-state index < -0.39 is 0 Å². The number of hydrogen-bond donors (Lipinski definition) is 0. The molecule has 0 aliphatic carbocycles. The van der Waals surface area contributed by atoms with Crippen molar-refractivity contribution >= 4 is 23.2 Å². The van der Waals surface area contributed by atoms with Crippen LogP contribution in [-0.4, -0.2) is 0 Å². The number of rotatable bonds is 2. The van der Waals surface area contributed by atoms with Gasteiger partial charge in [0.25, 0.3) is 0 Å². The molecular weight excluding hydrogens is 215 g/mol. The zero-order chi connectivity index (χ0) is 10.4. The van der Waals surface area contributed by atoms with Crippen molar-refractivity contribution in [1.29, 1.82) is 0 Å². The second-order valence-corrected chi connectivity index (χ2v) is 3.71. The topological polar surface area (TPSA) is 0 Å². The summed E-state index contributed by atoms with van der Waals surface area (Å²) in [5, 5.41) is 1.28. The third-order valence-electron chi connectivity index (χ3n) is 1.85. The molecule has 0 aliphatic heterocycles. The van der Waals surface area contributed by atoms with E-state index in [2.05, 4.69) is 11.8 Å². The third-order valence-corrected chi connectivity index (χ3v) is 2.71. The van der Waals surface area contributed by atoms with Gasteiger partial charge < -0.3 is 0 Å². The Balaban J connectivity index is 2.63. The summed E-state index contributed by atoms with van der Waals surface area (Å²) >= 11 is 11.9. The molecule has 0 amide bonds. The van der Waals surface area contributed by atoms with Crippen LogP contribution in [0.5, 0.6) is 0 Å². The standard InChI is InChI=1S/C12H12Cl2/c1-2-3-4-5-7-10-8-6-9-11(13)12(10)14/h6,8-9H,2,5,7H2,1H3. The Morgan fingerprint density at radius 1 is 1.21 bits per heavy atom. The molecule has 0 nitrogen and oxygen atoms in total. The highest BCUT2D eigenvalue weighted by atomic mass is 35.5. The van der Waals surface area contributed by atoms with Gasteiger partial charge in [-0.05, 0) is 18.1 Å². The zero-order valence-electron chi connectivity index (χ0n) is 8.11. The summed E-state index contributed by atoms with van der Waals surface area (Å²) in [6.07, 6.45) is 2.61. The van der Waals surface area contributed by atoms with Gasteiger partial charge in [-0.2, -0.15) is 0 Å². The smallest absolute Gasteiger partial charge is 0.0624 e. The first kappa shape index (κ1) is 11.4. The van der Waals surface area contributed by atoms with Gasteiger partial charge in [-0.15, -0.1) is 11.8 Å². The van der Waals surface area contributed by atoms with Gasteiger partial charge in [0, 0.05) is 12.8 Å². The maximum absolute atomic E-state index is 6.03. The Bertz CT molecular complexity index is 358. The van der Waals surface area contributed by atoms with Gasteiger partial charge in [0.1, 0.15) is 0 Å². The zero-order valence-corrected chi connectivity index (χ0v) is 9.62. The second kappa shape index (κ2) is 5.96. The molecule has 0 saturated carbocycles. The fraction of sp³-hybridized carbons (Fsp3) is 0.333. The van der Waals surface area contributed by atoms with Crippen molar-refractivity contribution in [1.82, 2.24) is 0 Å². The highest BCUT2D eigenvalue weighted by molar-refractivity contribution is 6.42. The number of hydrogen-bond acceptors (Lipinski definition) is 0. The molecule has 0 bridgehead atoms. The molecule has 0 heterocycles. The monoisotopic (exact) mass is 226 g/mol. The van der Waals surface area contributed by atoms with E-state index in [0.717, 1.165) is 24.8 Å². The van der Waals surface area contributed by atoms with Gasteiger partial charge in [0.05, 0.1) is 10.0 Å². The molecule has 0 fully saturated rings. The van der Waals surface area contributed by atoms with Crippen LogP contribution in [0.3, 0.4) is 0 Å². The van der Waals surface area contributed by atoms with Crippen LogP contribution < -0.4 is 0 Å². The summed E-state index contributed by atoms with van der Waals surface area (Å²) in [5.41, 5.74) is 1.07. The average molecular weight is 227 g/mol. The molecule has 1 rings (SSSR count). The van der Waals surface area contributed by atoms with Gasteiger partial charge in [-0.1, -0.05) is 42.3 Å². The van der Waals surface area contributed by atoms with Crippen molar-refractivity contribution in [2.24, 2.45) is 0 Å². The predicted octanol–water partition coefficient (Wildman–Crippen LogP) is 4.34. The van der Waals surface area contributed by atoms with Gasteiger partial charge in [0.2, 0.25) is 0 Å². The maximum Gasteiger partial charge on any atom is 0.0624 e. The Kier molecular flexibility index (Phi) is 4.87. The van der Waals surface area contributed by atoms with E-state index >= 15 is 0 Å². The highest BCUT2D eigenvalue weighted by Gasteiger charge is 2.02. The molecule has 0 saturated heterocycles. The lowest BCUT2D eigenvalue weighted by Gasteiger charge is -2.02. The van der Waals surface area contributed by atoms with Crippen molar-refractivity contribution < 1.29 is 0 Å². The molecule has 1 aromatic rings. The summed E-state index contributed by atoms with van der Waals surface area (Å²) in [7, 11) is 0. The van der Waals surface area contributed by atoms with Crippen molar-refractivity contribution in [3.8, 4) is 11.8 Å². The third kappa shape index (κ3) is 3.25. The summed E-state index contributed by atoms with van der Waals surface area (Å²) in [4.78, 5) is 0. The molecule has 0 radical (unpaired) electrons. The minimum atomic E-state index is 0.618. The maximum atomic E-state index is 6.03. The van der Waals surface area contributed by atoms with Gasteiger partial charge in [-0.25, -0.2) is 0 Å². The lowest BCUT2D eigenvalue weighted by molar-refractivity contribution is 1.03. The van der Waals surface area contributed by atoms with Crippen LogP contribution in [0.15, 0.2) is 18.2 Å². The average Bonchev–Trinajstić information content (AvgIpc) is 2.19. The molecule has 2 heteroatoms. The number of benzene rings is 1. The van der Waals surface area contributed by atoms with Crippen molar-refractivity contribution in [3.05, 3.63) is 33.8 Å². The van der Waals surface area contributed by atoms with E-state index in [1.54, 1.807) is 6.07 Å². The normalized spacial score (nSPS) is 9.36. The molecule has 0 unspecified atom stereocenters. The van der Waals surface area contributed by atoms with Crippen LogP contribution >= 0.6 is 23.2 Å². The fourth-order valence-corrected chi connectivity index (χ4v) is 1.57. The first-order valence-corrected chi connectivity index (χ1v) is 5.40. The van der Waals surface area contributed by atoms with Gasteiger partial charge in [0.15, 0.2) is 0 Å². The van der Waals surface area contributed by atoms with Crippen LogP contribution in [0.25, 0.3) is 0 Å². The van der Waals surface area contributed by atoms with E-state index in [9.17, 15) is 0 Å².